The number of unbranched alkanes of at least 4 members (excludes halogenated alkanes) is 4. The standard InChI is InChI=1S/C18H28N2O2/c1-3-5-9-13-19(14-10-6-4-2)15-20-16-11-7-8-12-17(16)22-18(20)21/h7-8,11-12H,3-6,9-10,13-15H2,1-2H3. The van der Waals surface area contributed by atoms with Crippen LogP contribution in [0.5, 0.6) is 0 Å². The minimum Gasteiger partial charge on any atom is -0.408 e. The van der Waals surface area contributed by atoms with Crippen LogP contribution in [0.15, 0.2) is 33.5 Å². The van der Waals surface area contributed by atoms with Gasteiger partial charge in [0.15, 0.2) is 5.58 Å². The molecule has 0 unspecified atom stereocenters. The van der Waals surface area contributed by atoms with Crippen molar-refractivity contribution in [3.8, 4) is 0 Å². The SMILES string of the molecule is CCCCCN(CCCCC)Cn1c(=O)oc2ccccc21. The number of rotatable bonds is 10. The molecular weight excluding hydrogens is 276 g/mol. The number of hydrogen-bond acceptors (Lipinski definition) is 3. The van der Waals surface area contributed by atoms with Gasteiger partial charge in [-0.1, -0.05) is 51.7 Å². The van der Waals surface area contributed by atoms with E-state index in [0.29, 0.717) is 12.3 Å². The molecule has 22 heavy (non-hydrogen) atoms. The highest BCUT2D eigenvalue weighted by Gasteiger charge is 2.12. The van der Waals surface area contributed by atoms with Gasteiger partial charge in [0.05, 0.1) is 12.2 Å². The summed E-state index contributed by atoms with van der Waals surface area (Å²) in [6, 6.07) is 7.66. The van der Waals surface area contributed by atoms with Crippen LogP contribution in [0.2, 0.25) is 0 Å². The minimum atomic E-state index is -0.253. The first kappa shape index (κ1) is 16.8. The molecule has 4 nitrogen and oxygen atoms in total. The van der Waals surface area contributed by atoms with Crippen molar-refractivity contribution in [2.45, 2.75) is 59.0 Å². The molecule has 0 atom stereocenters. The van der Waals surface area contributed by atoms with Gasteiger partial charge < -0.3 is 4.42 Å². The van der Waals surface area contributed by atoms with Crippen molar-refractivity contribution in [1.29, 1.82) is 0 Å². The molecule has 4 heteroatoms. The first-order valence-electron chi connectivity index (χ1n) is 8.57. The molecule has 0 amide bonds. The quantitative estimate of drug-likeness (QED) is 0.616. The van der Waals surface area contributed by atoms with Gasteiger partial charge in [0.2, 0.25) is 0 Å². The van der Waals surface area contributed by atoms with Crippen LogP contribution in [0.25, 0.3) is 11.1 Å². The van der Waals surface area contributed by atoms with Gasteiger partial charge in [-0.3, -0.25) is 9.47 Å². The molecule has 0 bridgehead atoms. The first-order chi connectivity index (χ1) is 10.8. The third-order valence-corrected chi connectivity index (χ3v) is 4.07. The van der Waals surface area contributed by atoms with Gasteiger partial charge in [-0.05, 0) is 38.1 Å². The van der Waals surface area contributed by atoms with Crippen molar-refractivity contribution in [3.05, 3.63) is 34.8 Å². The largest absolute Gasteiger partial charge is 0.421 e. The van der Waals surface area contributed by atoms with Crippen molar-refractivity contribution in [1.82, 2.24) is 9.47 Å². The summed E-state index contributed by atoms with van der Waals surface area (Å²) in [5.41, 5.74) is 1.57. The van der Waals surface area contributed by atoms with E-state index >= 15 is 0 Å². The molecule has 0 aliphatic rings. The zero-order valence-corrected chi connectivity index (χ0v) is 13.9. The number of nitrogens with zero attached hydrogens (tertiary/aromatic N) is 2. The highest BCUT2D eigenvalue weighted by atomic mass is 16.4. The lowest BCUT2D eigenvalue weighted by molar-refractivity contribution is 0.205. The van der Waals surface area contributed by atoms with Crippen LogP contribution >= 0.6 is 0 Å². The van der Waals surface area contributed by atoms with Crippen molar-refractivity contribution in [2.24, 2.45) is 0 Å². The Hall–Kier alpha value is -1.55. The van der Waals surface area contributed by atoms with Crippen LogP contribution in [-0.2, 0) is 6.67 Å². The van der Waals surface area contributed by atoms with Gasteiger partial charge in [0, 0.05) is 0 Å². The molecule has 0 aliphatic heterocycles. The second kappa shape index (κ2) is 8.79. The maximum atomic E-state index is 12.1. The summed E-state index contributed by atoms with van der Waals surface area (Å²) >= 11 is 0. The fourth-order valence-corrected chi connectivity index (χ4v) is 2.77. The van der Waals surface area contributed by atoms with E-state index in [9.17, 15) is 4.79 Å². The number of hydrogen-bond donors (Lipinski definition) is 0. The summed E-state index contributed by atoms with van der Waals surface area (Å²) in [7, 11) is 0. The summed E-state index contributed by atoms with van der Waals surface area (Å²) < 4.78 is 7.09. The van der Waals surface area contributed by atoms with Crippen LogP contribution in [0.1, 0.15) is 52.4 Å². The third-order valence-electron chi connectivity index (χ3n) is 4.07. The van der Waals surface area contributed by atoms with Crippen molar-refractivity contribution < 1.29 is 4.42 Å². The van der Waals surface area contributed by atoms with Crippen LogP contribution in [0, 0.1) is 0 Å². The molecular formula is C18H28N2O2. The van der Waals surface area contributed by atoms with Gasteiger partial charge in [-0.2, -0.15) is 0 Å². The smallest absolute Gasteiger partial charge is 0.408 e. The van der Waals surface area contributed by atoms with Gasteiger partial charge in [0.25, 0.3) is 0 Å². The summed E-state index contributed by atoms with van der Waals surface area (Å²) in [6.07, 6.45) is 7.30. The van der Waals surface area contributed by atoms with E-state index in [1.807, 2.05) is 24.3 Å². The molecule has 0 fully saturated rings. The lowest BCUT2D eigenvalue weighted by atomic mass is 10.2. The van der Waals surface area contributed by atoms with E-state index in [1.54, 1.807) is 4.57 Å². The summed E-state index contributed by atoms with van der Waals surface area (Å²) in [5.74, 6) is -0.253. The lowest BCUT2D eigenvalue weighted by Crippen LogP contribution is -2.32. The molecule has 2 aromatic rings. The monoisotopic (exact) mass is 304 g/mol. The predicted octanol–water partition coefficient (Wildman–Crippen LogP) is 4.23. The second-order valence-corrected chi connectivity index (χ2v) is 5.94. The van der Waals surface area contributed by atoms with Crippen molar-refractivity contribution in [2.75, 3.05) is 13.1 Å². The Morgan fingerprint density at radius 2 is 1.64 bits per heavy atom. The van der Waals surface area contributed by atoms with Crippen molar-refractivity contribution >= 4 is 11.1 Å². The van der Waals surface area contributed by atoms with Crippen LogP contribution in [0.3, 0.4) is 0 Å². The van der Waals surface area contributed by atoms with E-state index in [0.717, 1.165) is 18.6 Å². The number of benzene rings is 1. The Bertz CT molecular complexity index is 605. The first-order valence-corrected chi connectivity index (χ1v) is 8.57. The lowest BCUT2D eigenvalue weighted by Gasteiger charge is -2.22. The second-order valence-electron chi connectivity index (χ2n) is 5.94. The topological polar surface area (TPSA) is 38.4 Å². The fourth-order valence-electron chi connectivity index (χ4n) is 2.77. The third kappa shape index (κ3) is 4.47. The Labute approximate surface area is 132 Å². The Kier molecular flexibility index (Phi) is 6.72. The molecule has 0 saturated carbocycles. The minimum absolute atomic E-state index is 0.253. The van der Waals surface area contributed by atoms with E-state index in [2.05, 4.69) is 18.7 Å². The summed E-state index contributed by atoms with van der Waals surface area (Å²) in [6.45, 7) is 7.15. The van der Waals surface area contributed by atoms with Gasteiger partial charge >= 0.3 is 5.76 Å². The van der Waals surface area contributed by atoms with E-state index in [1.165, 1.54) is 38.5 Å². The van der Waals surface area contributed by atoms with E-state index in [4.69, 9.17) is 4.42 Å². The van der Waals surface area contributed by atoms with Crippen LogP contribution < -0.4 is 5.76 Å². The zero-order chi connectivity index (χ0) is 15.8. The zero-order valence-electron chi connectivity index (χ0n) is 13.9. The Morgan fingerprint density at radius 3 is 2.27 bits per heavy atom. The van der Waals surface area contributed by atoms with Crippen LogP contribution in [-0.4, -0.2) is 22.6 Å². The van der Waals surface area contributed by atoms with Gasteiger partial charge in [0.1, 0.15) is 0 Å². The maximum Gasteiger partial charge on any atom is 0.421 e. The van der Waals surface area contributed by atoms with Gasteiger partial charge in [-0.15, -0.1) is 0 Å². The molecule has 0 N–H and O–H groups in total. The Morgan fingerprint density at radius 1 is 1.00 bits per heavy atom. The molecule has 1 heterocycles. The molecule has 0 saturated heterocycles. The normalized spacial score (nSPS) is 11.6. The Balaban J connectivity index is 2.09. The number of fused-ring (bicyclic) bond motifs is 1. The number of para-hydroxylation sites is 2. The molecule has 2 rings (SSSR count). The van der Waals surface area contributed by atoms with Crippen molar-refractivity contribution in [3.63, 3.8) is 0 Å². The number of aromatic nitrogens is 1. The van der Waals surface area contributed by atoms with Gasteiger partial charge in [-0.25, -0.2) is 4.79 Å². The molecule has 0 radical (unpaired) electrons. The molecule has 1 aromatic carbocycles. The fraction of sp³-hybridized carbons (Fsp3) is 0.611. The molecule has 1 aromatic heterocycles. The maximum absolute atomic E-state index is 12.1. The highest BCUT2D eigenvalue weighted by Crippen LogP contribution is 2.13. The molecule has 0 aliphatic carbocycles. The highest BCUT2D eigenvalue weighted by molar-refractivity contribution is 5.72. The van der Waals surface area contributed by atoms with Crippen LogP contribution in [0.4, 0.5) is 0 Å². The van der Waals surface area contributed by atoms with E-state index < -0.39 is 0 Å². The van der Waals surface area contributed by atoms with E-state index in [-0.39, 0.29) is 5.76 Å². The average Bonchev–Trinajstić information content (AvgIpc) is 2.83. The summed E-state index contributed by atoms with van der Waals surface area (Å²) in [5, 5.41) is 0. The summed E-state index contributed by atoms with van der Waals surface area (Å²) in [4.78, 5) is 14.5. The molecule has 0 spiro atoms. The predicted molar refractivity (Wildman–Crippen MR) is 91.1 cm³/mol. The number of oxazole rings is 1. The molecule has 122 valence electrons. The average molecular weight is 304 g/mol.